The molecule has 0 radical (unpaired) electrons. The highest BCUT2D eigenvalue weighted by molar-refractivity contribution is 5.84. The number of hydrogen-bond donors (Lipinski definition) is 1. The second-order valence-electron chi connectivity index (χ2n) is 7.98. The summed E-state index contributed by atoms with van der Waals surface area (Å²) in [6.07, 6.45) is 1.16. The zero-order valence-electron chi connectivity index (χ0n) is 18.0. The molecule has 31 heavy (non-hydrogen) atoms. The summed E-state index contributed by atoms with van der Waals surface area (Å²) in [5, 5.41) is 8.92. The number of carboxylic acids is 1. The van der Waals surface area contributed by atoms with Gasteiger partial charge in [0.2, 0.25) is 11.8 Å². The number of benzene rings is 2. The number of nitrogens with zero attached hydrogens (tertiary/aromatic N) is 2. The summed E-state index contributed by atoms with van der Waals surface area (Å²) in [6.45, 7) is 3.95. The molecule has 6 heteroatoms. The summed E-state index contributed by atoms with van der Waals surface area (Å²) in [5.74, 6) is -1.47. The van der Waals surface area contributed by atoms with Crippen LogP contribution in [0.1, 0.15) is 31.7 Å². The molecular formula is C25H30N2O4. The van der Waals surface area contributed by atoms with E-state index in [-0.39, 0.29) is 30.6 Å². The molecule has 3 rings (SSSR count). The Bertz CT molecular complexity index is 913. The van der Waals surface area contributed by atoms with Gasteiger partial charge >= 0.3 is 5.97 Å². The molecule has 1 aliphatic rings. The highest BCUT2D eigenvalue weighted by Crippen LogP contribution is 2.27. The minimum absolute atomic E-state index is 0.0371. The molecule has 1 heterocycles. The molecule has 1 fully saturated rings. The molecular weight excluding hydrogens is 392 g/mol. The number of hydrogen-bond acceptors (Lipinski definition) is 3. The Morgan fingerprint density at radius 3 is 2.42 bits per heavy atom. The van der Waals surface area contributed by atoms with E-state index in [0.717, 1.165) is 23.1 Å². The third-order valence-electron chi connectivity index (χ3n) is 5.71. The fourth-order valence-electron chi connectivity index (χ4n) is 4.15. The topological polar surface area (TPSA) is 77.9 Å². The number of rotatable bonds is 8. The van der Waals surface area contributed by atoms with E-state index < -0.39 is 5.97 Å². The Kier molecular flexibility index (Phi) is 7.82. The monoisotopic (exact) mass is 422 g/mol. The van der Waals surface area contributed by atoms with Crippen LogP contribution in [0.15, 0.2) is 54.6 Å². The number of carboxylic acid groups (broad SMARTS) is 1. The molecule has 1 saturated heterocycles. The van der Waals surface area contributed by atoms with Crippen molar-refractivity contribution in [1.82, 2.24) is 9.80 Å². The largest absolute Gasteiger partial charge is 0.481 e. The van der Waals surface area contributed by atoms with Gasteiger partial charge in [0.15, 0.2) is 0 Å². The van der Waals surface area contributed by atoms with Crippen molar-refractivity contribution in [3.63, 3.8) is 0 Å². The molecule has 0 unspecified atom stereocenters. The van der Waals surface area contributed by atoms with Gasteiger partial charge in [-0.05, 0) is 29.5 Å². The third-order valence-corrected chi connectivity index (χ3v) is 5.71. The molecule has 1 aliphatic heterocycles. The average Bonchev–Trinajstić information content (AvgIpc) is 2.93. The third kappa shape index (κ3) is 5.94. The van der Waals surface area contributed by atoms with Crippen LogP contribution in [0, 0.1) is 5.92 Å². The van der Waals surface area contributed by atoms with Crippen LogP contribution in [-0.4, -0.2) is 58.9 Å². The van der Waals surface area contributed by atoms with E-state index >= 15 is 0 Å². The molecule has 1 N–H and O–H groups in total. The molecule has 0 spiro atoms. The first kappa shape index (κ1) is 22.5. The number of aliphatic carboxylic acids is 1. The molecule has 0 saturated carbocycles. The maximum atomic E-state index is 13.3. The van der Waals surface area contributed by atoms with E-state index in [0.29, 0.717) is 32.6 Å². The first-order chi connectivity index (χ1) is 15.0. The van der Waals surface area contributed by atoms with Crippen molar-refractivity contribution in [2.45, 2.75) is 32.6 Å². The second kappa shape index (κ2) is 10.8. The zero-order valence-corrected chi connectivity index (χ0v) is 18.0. The van der Waals surface area contributed by atoms with Gasteiger partial charge in [-0.2, -0.15) is 0 Å². The van der Waals surface area contributed by atoms with Crippen LogP contribution in [0.4, 0.5) is 0 Å². The number of carbonyl (C=O) groups is 3. The fourth-order valence-corrected chi connectivity index (χ4v) is 4.15. The molecule has 6 nitrogen and oxygen atoms in total. The molecule has 0 aromatic heterocycles. The van der Waals surface area contributed by atoms with Gasteiger partial charge in [0.25, 0.3) is 0 Å². The Hall–Kier alpha value is -3.15. The summed E-state index contributed by atoms with van der Waals surface area (Å²) in [5.41, 5.74) is 3.26. The van der Waals surface area contributed by atoms with E-state index in [1.807, 2.05) is 48.2 Å². The summed E-state index contributed by atoms with van der Waals surface area (Å²) >= 11 is 0. The number of amides is 2. The van der Waals surface area contributed by atoms with E-state index in [1.54, 1.807) is 4.90 Å². The molecule has 2 aromatic carbocycles. The van der Waals surface area contributed by atoms with Crippen LogP contribution in [0.2, 0.25) is 0 Å². The minimum Gasteiger partial charge on any atom is -0.481 e. The maximum Gasteiger partial charge on any atom is 0.303 e. The molecule has 2 aromatic rings. The molecule has 0 aliphatic carbocycles. The van der Waals surface area contributed by atoms with Gasteiger partial charge in [-0.3, -0.25) is 14.4 Å². The number of carbonyl (C=O) groups excluding carboxylic acids is 2. The first-order valence-electron chi connectivity index (χ1n) is 10.9. The van der Waals surface area contributed by atoms with Crippen LogP contribution in [-0.2, 0) is 20.8 Å². The normalized spacial score (nSPS) is 16.8. The van der Waals surface area contributed by atoms with Crippen LogP contribution in [0.25, 0.3) is 11.1 Å². The first-order valence-corrected chi connectivity index (χ1v) is 10.9. The molecule has 0 bridgehead atoms. The Morgan fingerprint density at radius 2 is 1.71 bits per heavy atom. The van der Waals surface area contributed by atoms with Crippen LogP contribution >= 0.6 is 0 Å². The van der Waals surface area contributed by atoms with Crippen molar-refractivity contribution in [2.24, 2.45) is 5.92 Å². The molecule has 164 valence electrons. The highest BCUT2D eigenvalue weighted by Gasteiger charge is 2.32. The maximum absolute atomic E-state index is 13.3. The van der Waals surface area contributed by atoms with Gasteiger partial charge < -0.3 is 14.9 Å². The van der Waals surface area contributed by atoms with Crippen molar-refractivity contribution in [1.29, 1.82) is 0 Å². The van der Waals surface area contributed by atoms with Gasteiger partial charge in [-0.15, -0.1) is 0 Å². The van der Waals surface area contributed by atoms with Gasteiger partial charge in [0.1, 0.15) is 0 Å². The standard InChI is InChI=1S/C25H30N2O4/c1-2-14-26-15-16-27(23(28)12-13-24(29)30)18-21(25(26)31)17-20-10-6-7-11-22(20)19-8-4-3-5-9-19/h3-11,21H,2,12-18H2,1H3,(H,29,30)/t21-/m1/s1. The molecule has 1 atom stereocenters. The van der Waals surface area contributed by atoms with E-state index in [9.17, 15) is 14.4 Å². The van der Waals surface area contributed by atoms with Crippen LogP contribution in [0.5, 0.6) is 0 Å². The Labute approximate surface area is 183 Å². The van der Waals surface area contributed by atoms with Crippen molar-refractivity contribution in [3.8, 4) is 11.1 Å². The van der Waals surface area contributed by atoms with Crippen molar-refractivity contribution < 1.29 is 19.5 Å². The van der Waals surface area contributed by atoms with E-state index in [2.05, 4.69) is 18.2 Å². The lowest BCUT2D eigenvalue weighted by molar-refractivity contribution is -0.141. The van der Waals surface area contributed by atoms with Gasteiger partial charge in [0.05, 0.1) is 12.3 Å². The minimum atomic E-state index is -0.986. The summed E-state index contributed by atoms with van der Waals surface area (Å²) in [6, 6.07) is 18.1. The van der Waals surface area contributed by atoms with Gasteiger partial charge in [-0.1, -0.05) is 61.5 Å². The van der Waals surface area contributed by atoms with Crippen LogP contribution < -0.4 is 0 Å². The predicted octanol–water partition coefficient (Wildman–Crippen LogP) is 3.46. The zero-order chi connectivity index (χ0) is 22.2. The van der Waals surface area contributed by atoms with Crippen LogP contribution in [0.3, 0.4) is 0 Å². The van der Waals surface area contributed by atoms with Gasteiger partial charge in [-0.25, -0.2) is 0 Å². The average molecular weight is 423 g/mol. The quantitative estimate of drug-likeness (QED) is 0.707. The summed E-state index contributed by atoms with van der Waals surface area (Å²) < 4.78 is 0. The van der Waals surface area contributed by atoms with Gasteiger partial charge in [0, 0.05) is 32.6 Å². The fraction of sp³-hybridized carbons (Fsp3) is 0.400. The van der Waals surface area contributed by atoms with E-state index in [4.69, 9.17) is 5.11 Å². The smallest absolute Gasteiger partial charge is 0.303 e. The summed E-state index contributed by atoms with van der Waals surface area (Å²) in [7, 11) is 0. The van der Waals surface area contributed by atoms with E-state index in [1.165, 1.54) is 0 Å². The second-order valence-corrected chi connectivity index (χ2v) is 7.98. The van der Waals surface area contributed by atoms with Crippen molar-refractivity contribution in [3.05, 3.63) is 60.2 Å². The Morgan fingerprint density at radius 1 is 1.00 bits per heavy atom. The lowest BCUT2D eigenvalue weighted by Crippen LogP contribution is -2.38. The SMILES string of the molecule is CCCN1CCN(C(=O)CCC(=O)O)C[C@@H](Cc2ccccc2-c2ccccc2)C1=O. The Balaban J connectivity index is 1.85. The lowest BCUT2D eigenvalue weighted by atomic mass is 9.91. The van der Waals surface area contributed by atoms with Crippen molar-refractivity contribution >= 4 is 17.8 Å². The molecule has 2 amide bonds. The van der Waals surface area contributed by atoms with Crippen molar-refractivity contribution in [2.75, 3.05) is 26.2 Å². The predicted molar refractivity (Wildman–Crippen MR) is 119 cm³/mol. The lowest BCUT2D eigenvalue weighted by Gasteiger charge is -2.24. The summed E-state index contributed by atoms with van der Waals surface area (Å²) in [4.78, 5) is 40.4. The highest BCUT2D eigenvalue weighted by atomic mass is 16.4.